The Labute approximate surface area is 380 Å². The third kappa shape index (κ3) is 7.01. The Balaban J connectivity index is 0.00000548. The molecule has 0 saturated carbocycles. The Kier molecular flexibility index (Phi) is 8.93. The molecule has 0 radical (unpaired) electrons. The molecule has 304 valence electrons. The van der Waals surface area contributed by atoms with E-state index in [1.807, 2.05) is 36.4 Å². The van der Waals surface area contributed by atoms with Crippen molar-refractivity contribution in [2.75, 3.05) is 9.80 Å². The van der Waals surface area contributed by atoms with E-state index in [1.54, 1.807) is 35.0 Å². The summed E-state index contributed by atoms with van der Waals surface area (Å²) < 4.78 is 52.4. The maximum Gasteiger partial charge on any atom is 0.135 e. The molecule has 0 N–H and O–H groups in total. The van der Waals surface area contributed by atoms with Gasteiger partial charge in [0, 0.05) is 73.8 Å². The molecule has 0 fully saturated rings. The number of fused-ring (bicyclic) bond motifs is 4. The zero-order valence-electron chi connectivity index (χ0n) is 39.7. The first-order valence-electron chi connectivity index (χ1n) is 22.6. The van der Waals surface area contributed by atoms with Crippen LogP contribution < -0.4 is 14.5 Å². The summed E-state index contributed by atoms with van der Waals surface area (Å²) in [6.07, 6.45) is 1.72. The second kappa shape index (κ2) is 15.9. The number of benzene rings is 7. The maximum atomic E-state index is 9.03. The molecular formula is C55H45N4OPt-3. The van der Waals surface area contributed by atoms with Gasteiger partial charge < -0.3 is 19.1 Å². The molecule has 0 aliphatic carbocycles. The van der Waals surface area contributed by atoms with Crippen molar-refractivity contribution >= 4 is 44.6 Å². The second-order valence-corrected chi connectivity index (χ2v) is 16.3. The number of aromatic nitrogens is 2. The van der Waals surface area contributed by atoms with Crippen LogP contribution in [0.25, 0.3) is 49.9 Å². The molecule has 0 amide bonds. The largest absolute Gasteiger partial charge is 0.509 e. The Morgan fingerprint density at radius 2 is 1.26 bits per heavy atom. The van der Waals surface area contributed by atoms with Crippen LogP contribution in [0.15, 0.2) is 158 Å². The SMILES string of the molecule is [2H]c1cc(Oc2[c-]c3c(cc2)c2c([2H])c([2H])c([2H])c([2H])c2n3-c2cc(C(C)(C)C)ccn2)[c-]c(N2[CH-]N(c3c(-c4ccccc4)c(C)c(C)c(C)c3-c3ccccc3)c3ccccc32)c1.[Pt]. The van der Waals surface area contributed by atoms with E-state index in [2.05, 4.69) is 131 Å². The van der Waals surface area contributed by atoms with Crippen molar-refractivity contribution in [2.45, 2.75) is 47.0 Å². The van der Waals surface area contributed by atoms with Gasteiger partial charge in [-0.2, -0.15) is 12.1 Å². The third-order valence-electron chi connectivity index (χ3n) is 11.6. The molecule has 3 heterocycles. The second-order valence-electron chi connectivity index (χ2n) is 16.3. The number of ether oxygens (including phenoxy) is 1. The Hall–Kier alpha value is -6.42. The zero-order chi connectivity index (χ0) is 45.5. The first kappa shape index (κ1) is 34.3. The molecule has 0 unspecified atom stereocenters. The molecule has 9 aromatic rings. The topological polar surface area (TPSA) is 33.5 Å². The minimum Gasteiger partial charge on any atom is -0.509 e. The Morgan fingerprint density at radius 3 is 1.93 bits per heavy atom. The van der Waals surface area contributed by atoms with Crippen molar-refractivity contribution in [3.05, 3.63) is 199 Å². The van der Waals surface area contributed by atoms with E-state index < -0.39 is 0 Å². The first-order valence-corrected chi connectivity index (χ1v) is 20.1. The van der Waals surface area contributed by atoms with Gasteiger partial charge in [-0.15, -0.1) is 48.1 Å². The van der Waals surface area contributed by atoms with Crippen LogP contribution >= 0.6 is 0 Å². The minimum atomic E-state index is -0.330. The van der Waals surface area contributed by atoms with E-state index in [4.69, 9.17) is 16.6 Å². The molecule has 0 spiro atoms. The van der Waals surface area contributed by atoms with E-state index >= 15 is 0 Å². The molecule has 1 aliphatic rings. The molecule has 0 atom stereocenters. The van der Waals surface area contributed by atoms with Crippen LogP contribution in [-0.2, 0) is 26.5 Å². The van der Waals surface area contributed by atoms with E-state index in [0.29, 0.717) is 44.8 Å². The number of nitrogens with zero attached hydrogens (tertiary/aromatic N) is 4. The number of rotatable bonds is 7. The average molecular weight is 978 g/mol. The standard InChI is InChI=1S/C55H45N4O.Pt/c1-36-37(2)52(39-18-9-7-10-19-39)54(53(38(36)3)40-20-11-8-12-21-40)58-35-57(48-26-15-16-27-49(48)58)42-22-17-23-43(33-42)60-44-28-29-46-45-24-13-14-25-47(45)59(50(46)34-44)51-32-41(30-31-56-51)55(4,5)6;/h7-32,35H,1-6H3;/q-3;/i13D,14D,17D,24D,25D;. The molecule has 0 saturated heterocycles. The van der Waals surface area contributed by atoms with Gasteiger partial charge in [0.2, 0.25) is 0 Å². The minimum absolute atomic E-state index is 0. The molecule has 61 heavy (non-hydrogen) atoms. The fraction of sp³-hybridized carbons (Fsp3) is 0.127. The van der Waals surface area contributed by atoms with Crippen LogP contribution in [-0.4, -0.2) is 9.55 Å². The summed E-state index contributed by atoms with van der Waals surface area (Å²) in [5.41, 5.74) is 13.3. The molecule has 0 bridgehead atoms. The van der Waals surface area contributed by atoms with Crippen LogP contribution in [0.5, 0.6) is 11.5 Å². The molecule has 2 aromatic heterocycles. The van der Waals surface area contributed by atoms with Crippen LogP contribution in [0.2, 0.25) is 0 Å². The van der Waals surface area contributed by atoms with Gasteiger partial charge in [0.05, 0.1) is 5.48 Å². The van der Waals surface area contributed by atoms with Gasteiger partial charge in [-0.25, -0.2) is 4.98 Å². The van der Waals surface area contributed by atoms with Crippen LogP contribution in [0.3, 0.4) is 0 Å². The summed E-state index contributed by atoms with van der Waals surface area (Å²) in [6, 6.07) is 46.3. The summed E-state index contributed by atoms with van der Waals surface area (Å²) in [4.78, 5) is 9.02. The molecular weight excluding hydrogens is 928 g/mol. The van der Waals surface area contributed by atoms with Gasteiger partial charge in [-0.05, 0) is 95.3 Å². The number of hydrogen-bond acceptors (Lipinski definition) is 4. The maximum absolute atomic E-state index is 9.03. The molecule has 10 rings (SSSR count). The predicted octanol–water partition coefficient (Wildman–Crippen LogP) is 14.5. The van der Waals surface area contributed by atoms with Crippen molar-refractivity contribution in [2.24, 2.45) is 0 Å². The summed E-state index contributed by atoms with van der Waals surface area (Å²) in [5.74, 6) is 1.11. The first-order chi connectivity index (χ1) is 31.2. The van der Waals surface area contributed by atoms with Gasteiger partial charge >= 0.3 is 0 Å². The summed E-state index contributed by atoms with van der Waals surface area (Å²) in [6.45, 7) is 15.0. The molecule has 1 aliphatic heterocycles. The van der Waals surface area contributed by atoms with Crippen molar-refractivity contribution in [3.63, 3.8) is 0 Å². The summed E-state index contributed by atoms with van der Waals surface area (Å²) >= 11 is 0. The van der Waals surface area contributed by atoms with E-state index in [9.17, 15) is 0 Å². The van der Waals surface area contributed by atoms with Crippen LogP contribution in [0.1, 0.15) is 49.9 Å². The van der Waals surface area contributed by atoms with Gasteiger partial charge in [-0.3, -0.25) is 0 Å². The summed E-state index contributed by atoms with van der Waals surface area (Å²) in [7, 11) is 0. The average Bonchev–Trinajstić information content (AvgIpc) is 3.86. The van der Waals surface area contributed by atoms with E-state index in [1.165, 1.54) is 16.7 Å². The van der Waals surface area contributed by atoms with Crippen molar-refractivity contribution in [1.82, 2.24) is 9.55 Å². The van der Waals surface area contributed by atoms with Crippen molar-refractivity contribution in [1.29, 1.82) is 0 Å². The van der Waals surface area contributed by atoms with Crippen molar-refractivity contribution in [3.8, 4) is 39.6 Å². The van der Waals surface area contributed by atoms with Gasteiger partial charge in [0.1, 0.15) is 5.82 Å². The van der Waals surface area contributed by atoms with Gasteiger partial charge in [0.25, 0.3) is 0 Å². The molecule has 5 nitrogen and oxygen atoms in total. The van der Waals surface area contributed by atoms with Gasteiger partial charge in [0.15, 0.2) is 0 Å². The third-order valence-corrected chi connectivity index (χ3v) is 11.6. The fourth-order valence-corrected chi connectivity index (χ4v) is 8.39. The van der Waals surface area contributed by atoms with E-state index in [0.717, 1.165) is 44.9 Å². The molecule has 6 heteroatoms. The normalized spacial score (nSPS) is 13.6. The number of hydrogen-bond donors (Lipinski definition) is 0. The van der Waals surface area contributed by atoms with Crippen LogP contribution in [0, 0.1) is 39.6 Å². The smallest absolute Gasteiger partial charge is 0.135 e. The Bertz CT molecular complexity index is 3300. The number of pyridine rings is 1. The number of anilines is 4. The van der Waals surface area contributed by atoms with Crippen molar-refractivity contribution < 1.29 is 32.7 Å². The summed E-state index contributed by atoms with van der Waals surface area (Å²) in [5, 5.41) is 0.951. The zero-order valence-corrected chi connectivity index (χ0v) is 37.0. The van der Waals surface area contributed by atoms with Gasteiger partial charge in [-0.1, -0.05) is 117 Å². The monoisotopic (exact) mass is 977 g/mol. The van der Waals surface area contributed by atoms with E-state index in [-0.39, 0.29) is 56.7 Å². The fourth-order valence-electron chi connectivity index (χ4n) is 8.39. The molecule has 7 aromatic carbocycles. The van der Waals surface area contributed by atoms with Crippen LogP contribution in [0.4, 0.5) is 22.7 Å². The predicted molar refractivity (Wildman–Crippen MR) is 248 cm³/mol. The Morgan fingerprint density at radius 1 is 0.639 bits per heavy atom. The number of para-hydroxylation sites is 3. The quantitative estimate of drug-likeness (QED) is 0.149.